The first-order valence-corrected chi connectivity index (χ1v) is 9.24. The van der Waals surface area contributed by atoms with Crippen molar-refractivity contribution >= 4 is 13.3 Å². The number of aromatic nitrogens is 2. The standard InChI is InChI=1S/C14H16N3O9P/c18-6-11(26-8-27(22,23)24)7-25-13-5-12(19)15-14(16-13)9-1-3-10(4-2-9)17(20)21/h1-5,11,18H,6-8H2,(H,15,16,19)(H2,22,23,24)/t11-/m1/s1. The van der Waals surface area contributed by atoms with Crippen LogP contribution in [-0.4, -0.2) is 55.5 Å². The average Bonchev–Trinajstić information content (AvgIpc) is 2.60. The number of H-pyrrole nitrogens is 1. The van der Waals surface area contributed by atoms with E-state index in [1.165, 1.54) is 24.3 Å². The van der Waals surface area contributed by atoms with E-state index in [0.29, 0.717) is 5.56 Å². The maximum absolute atomic E-state index is 11.8. The maximum atomic E-state index is 11.8. The molecule has 1 atom stereocenters. The second-order valence-corrected chi connectivity index (χ2v) is 6.90. The molecule has 0 radical (unpaired) electrons. The van der Waals surface area contributed by atoms with E-state index in [-0.39, 0.29) is 24.0 Å². The minimum absolute atomic E-state index is 0.101. The van der Waals surface area contributed by atoms with Crippen LogP contribution in [0.1, 0.15) is 0 Å². The number of nitrogens with zero attached hydrogens (tertiary/aromatic N) is 2. The van der Waals surface area contributed by atoms with E-state index in [1.54, 1.807) is 0 Å². The summed E-state index contributed by atoms with van der Waals surface area (Å²) in [5.74, 6) is -0.0191. The highest BCUT2D eigenvalue weighted by Crippen LogP contribution is 2.34. The van der Waals surface area contributed by atoms with Crippen molar-refractivity contribution in [3.63, 3.8) is 0 Å². The molecule has 0 fully saturated rings. The predicted molar refractivity (Wildman–Crippen MR) is 91.3 cm³/mol. The van der Waals surface area contributed by atoms with Gasteiger partial charge in [-0.2, -0.15) is 4.98 Å². The topological polar surface area (TPSA) is 185 Å². The van der Waals surface area contributed by atoms with E-state index in [9.17, 15) is 19.5 Å². The number of hydrogen-bond acceptors (Lipinski definition) is 8. The van der Waals surface area contributed by atoms with Gasteiger partial charge in [-0.15, -0.1) is 0 Å². The zero-order valence-electron chi connectivity index (χ0n) is 13.7. The number of nitrogens with one attached hydrogen (secondary N) is 1. The number of rotatable bonds is 9. The third kappa shape index (κ3) is 6.55. The van der Waals surface area contributed by atoms with Crippen LogP contribution in [0.5, 0.6) is 5.88 Å². The lowest BCUT2D eigenvalue weighted by Gasteiger charge is -2.16. The summed E-state index contributed by atoms with van der Waals surface area (Å²) in [5, 5.41) is 19.8. The molecule has 0 unspecified atom stereocenters. The molecule has 2 rings (SSSR count). The van der Waals surface area contributed by atoms with E-state index < -0.39 is 37.1 Å². The SMILES string of the molecule is O=c1cc(OC[C@@H](CO)OCP(=O)(O)O)nc(-c2ccc([N+](=O)[O-])cc2)[nH]1. The van der Waals surface area contributed by atoms with Gasteiger partial charge in [0.25, 0.3) is 11.2 Å². The molecular formula is C14H16N3O9P. The van der Waals surface area contributed by atoms with Gasteiger partial charge in [0.1, 0.15) is 24.9 Å². The first-order chi connectivity index (χ1) is 12.7. The van der Waals surface area contributed by atoms with Crippen molar-refractivity contribution in [3.8, 4) is 17.3 Å². The molecule has 0 spiro atoms. The molecule has 27 heavy (non-hydrogen) atoms. The molecular weight excluding hydrogens is 385 g/mol. The Labute approximate surface area is 151 Å². The smallest absolute Gasteiger partial charge is 0.350 e. The van der Waals surface area contributed by atoms with Gasteiger partial charge in [0.2, 0.25) is 5.88 Å². The Hall–Kier alpha value is -2.63. The van der Waals surface area contributed by atoms with Gasteiger partial charge in [0.15, 0.2) is 0 Å². The van der Waals surface area contributed by atoms with E-state index in [1.807, 2.05) is 0 Å². The molecule has 0 aliphatic carbocycles. The van der Waals surface area contributed by atoms with Gasteiger partial charge in [-0.3, -0.25) is 19.5 Å². The Balaban J connectivity index is 2.11. The number of nitro benzene ring substituents is 1. The molecule has 1 heterocycles. The molecule has 4 N–H and O–H groups in total. The second kappa shape index (κ2) is 8.84. The zero-order chi connectivity index (χ0) is 20.0. The summed E-state index contributed by atoms with van der Waals surface area (Å²) in [7, 11) is -4.40. The molecule has 0 aliphatic heterocycles. The first kappa shape index (κ1) is 20.7. The summed E-state index contributed by atoms with van der Waals surface area (Å²) >= 11 is 0. The van der Waals surface area contributed by atoms with Crippen molar-refractivity contribution in [2.24, 2.45) is 0 Å². The number of aromatic amines is 1. The van der Waals surface area contributed by atoms with Crippen molar-refractivity contribution < 1.29 is 33.9 Å². The van der Waals surface area contributed by atoms with Gasteiger partial charge in [0.05, 0.1) is 17.6 Å². The number of aliphatic hydroxyl groups excluding tert-OH is 1. The van der Waals surface area contributed by atoms with Gasteiger partial charge < -0.3 is 29.4 Å². The summed E-state index contributed by atoms with van der Waals surface area (Å²) in [6.07, 6.45) is -1.93. The van der Waals surface area contributed by atoms with Crippen LogP contribution in [0.15, 0.2) is 35.1 Å². The zero-order valence-corrected chi connectivity index (χ0v) is 14.6. The van der Waals surface area contributed by atoms with Crippen LogP contribution in [0.2, 0.25) is 0 Å². The predicted octanol–water partition coefficient (Wildman–Crippen LogP) is 0.237. The summed E-state index contributed by atoms with van der Waals surface area (Å²) < 4.78 is 20.9. The van der Waals surface area contributed by atoms with Gasteiger partial charge in [-0.05, 0) is 12.1 Å². The molecule has 0 saturated carbocycles. The number of hydrogen-bond donors (Lipinski definition) is 4. The van der Waals surface area contributed by atoms with Crippen LogP contribution in [0.4, 0.5) is 5.69 Å². The third-order valence-corrected chi connectivity index (χ3v) is 3.65. The summed E-state index contributed by atoms with van der Waals surface area (Å²) in [6, 6.07) is 6.34. The number of nitro groups is 1. The fourth-order valence-electron chi connectivity index (χ4n) is 1.92. The number of non-ortho nitro benzene ring substituents is 1. The van der Waals surface area contributed by atoms with E-state index >= 15 is 0 Å². The van der Waals surface area contributed by atoms with Crippen LogP contribution >= 0.6 is 7.60 Å². The van der Waals surface area contributed by atoms with Gasteiger partial charge in [-0.25, -0.2) is 0 Å². The van der Waals surface area contributed by atoms with Crippen molar-refractivity contribution in [2.75, 3.05) is 19.6 Å². The summed E-state index contributed by atoms with van der Waals surface area (Å²) in [4.78, 5) is 45.9. The molecule has 2 aromatic rings. The highest BCUT2D eigenvalue weighted by Gasteiger charge is 2.18. The molecule has 0 aliphatic rings. The fourth-order valence-corrected chi connectivity index (χ4v) is 2.33. The molecule has 12 nitrogen and oxygen atoms in total. The molecule has 0 amide bonds. The Morgan fingerprint density at radius 1 is 1.30 bits per heavy atom. The quantitative estimate of drug-likeness (QED) is 0.258. The molecule has 1 aromatic heterocycles. The third-order valence-electron chi connectivity index (χ3n) is 3.17. The Kier molecular flexibility index (Phi) is 6.77. The van der Waals surface area contributed by atoms with Crippen LogP contribution in [0.25, 0.3) is 11.4 Å². The van der Waals surface area contributed by atoms with Crippen LogP contribution in [0.3, 0.4) is 0 Å². The summed E-state index contributed by atoms with van der Waals surface area (Å²) in [5.41, 5.74) is -0.272. The van der Waals surface area contributed by atoms with Crippen molar-refractivity contribution in [1.82, 2.24) is 9.97 Å². The minimum atomic E-state index is -4.40. The lowest BCUT2D eigenvalue weighted by atomic mass is 10.2. The molecule has 146 valence electrons. The Morgan fingerprint density at radius 3 is 2.52 bits per heavy atom. The van der Waals surface area contributed by atoms with Gasteiger partial charge in [0, 0.05) is 17.7 Å². The van der Waals surface area contributed by atoms with Crippen molar-refractivity contribution in [1.29, 1.82) is 0 Å². The largest absolute Gasteiger partial charge is 0.475 e. The minimum Gasteiger partial charge on any atom is -0.475 e. The van der Waals surface area contributed by atoms with E-state index in [2.05, 4.69) is 9.97 Å². The lowest BCUT2D eigenvalue weighted by Crippen LogP contribution is -2.26. The number of aliphatic hydroxyl groups is 1. The van der Waals surface area contributed by atoms with Crippen LogP contribution < -0.4 is 10.3 Å². The van der Waals surface area contributed by atoms with Crippen molar-refractivity contribution in [3.05, 3.63) is 50.8 Å². The Bertz CT molecular complexity index is 893. The highest BCUT2D eigenvalue weighted by atomic mass is 31.2. The number of ether oxygens (including phenoxy) is 2. The first-order valence-electron chi connectivity index (χ1n) is 7.44. The maximum Gasteiger partial charge on any atom is 0.350 e. The van der Waals surface area contributed by atoms with Gasteiger partial charge in [-0.1, -0.05) is 0 Å². The second-order valence-electron chi connectivity index (χ2n) is 5.31. The highest BCUT2D eigenvalue weighted by molar-refractivity contribution is 7.51. The van der Waals surface area contributed by atoms with Crippen LogP contribution in [-0.2, 0) is 9.30 Å². The summed E-state index contributed by atoms with van der Waals surface area (Å²) in [6.45, 7) is -0.884. The number of benzene rings is 1. The van der Waals surface area contributed by atoms with E-state index in [4.69, 9.17) is 24.4 Å². The van der Waals surface area contributed by atoms with E-state index in [0.717, 1.165) is 6.07 Å². The monoisotopic (exact) mass is 401 g/mol. The van der Waals surface area contributed by atoms with Gasteiger partial charge >= 0.3 is 7.60 Å². The Morgan fingerprint density at radius 2 is 1.96 bits per heavy atom. The lowest BCUT2D eigenvalue weighted by molar-refractivity contribution is -0.384. The average molecular weight is 401 g/mol. The fraction of sp³-hybridized carbons (Fsp3) is 0.286. The molecule has 0 bridgehead atoms. The molecule has 1 aromatic carbocycles. The van der Waals surface area contributed by atoms with Crippen LogP contribution in [0, 0.1) is 10.1 Å². The normalized spacial score (nSPS) is 12.6. The molecule has 0 saturated heterocycles. The molecule has 13 heteroatoms. The van der Waals surface area contributed by atoms with Crippen molar-refractivity contribution in [2.45, 2.75) is 6.10 Å².